The molecule has 0 saturated heterocycles. The number of aliphatic hydroxyl groups is 1. The molecule has 19 heavy (non-hydrogen) atoms. The van der Waals surface area contributed by atoms with E-state index in [2.05, 4.69) is 20.6 Å². The van der Waals surface area contributed by atoms with Gasteiger partial charge < -0.3 is 15.7 Å². The summed E-state index contributed by atoms with van der Waals surface area (Å²) in [6.07, 6.45) is 0.354. The van der Waals surface area contributed by atoms with Gasteiger partial charge in [-0.15, -0.1) is 0 Å². The Morgan fingerprint density at radius 3 is 2.68 bits per heavy atom. The van der Waals surface area contributed by atoms with Gasteiger partial charge in [0.25, 0.3) is 0 Å². The van der Waals surface area contributed by atoms with Gasteiger partial charge in [0.1, 0.15) is 5.82 Å². The second-order valence-corrected chi connectivity index (χ2v) is 4.39. The summed E-state index contributed by atoms with van der Waals surface area (Å²) in [4.78, 5) is 8.90. The predicted molar refractivity (Wildman–Crippen MR) is 78.5 cm³/mol. The lowest BCUT2D eigenvalue weighted by molar-refractivity contribution is 0.183. The van der Waals surface area contributed by atoms with Crippen LogP contribution in [-0.2, 0) is 0 Å². The van der Waals surface area contributed by atoms with Gasteiger partial charge in [0.15, 0.2) is 0 Å². The Balaban J connectivity index is 2.33. The van der Waals surface area contributed by atoms with Gasteiger partial charge in [0.05, 0.1) is 11.6 Å². The summed E-state index contributed by atoms with van der Waals surface area (Å²) >= 11 is 0. The van der Waals surface area contributed by atoms with Crippen LogP contribution >= 0.6 is 0 Å². The van der Waals surface area contributed by atoms with Crippen LogP contribution in [0.25, 0.3) is 10.9 Å². The molecule has 2 aromatic rings. The third kappa shape index (κ3) is 3.32. The lowest BCUT2D eigenvalue weighted by Crippen LogP contribution is -2.19. The molecular weight excluding hydrogens is 240 g/mol. The van der Waals surface area contributed by atoms with Crippen molar-refractivity contribution < 1.29 is 5.11 Å². The first-order valence-corrected chi connectivity index (χ1v) is 6.67. The molecule has 1 aromatic carbocycles. The minimum atomic E-state index is -0.365. The third-order valence-corrected chi connectivity index (χ3v) is 2.91. The maximum absolute atomic E-state index is 9.64. The lowest BCUT2D eigenvalue weighted by atomic mass is 10.2. The molecule has 0 aliphatic heterocycles. The van der Waals surface area contributed by atoms with E-state index in [1.807, 2.05) is 38.1 Å². The minimum Gasteiger partial charge on any atom is -0.391 e. The number of anilines is 2. The molecule has 0 saturated carbocycles. The van der Waals surface area contributed by atoms with Crippen LogP contribution in [0.4, 0.5) is 11.8 Å². The highest BCUT2D eigenvalue weighted by molar-refractivity contribution is 5.90. The van der Waals surface area contributed by atoms with Gasteiger partial charge in [-0.05, 0) is 25.5 Å². The molecule has 5 nitrogen and oxygen atoms in total. The molecule has 0 aliphatic rings. The number of rotatable bonds is 6. The highest BCUT2D eigenvalue weighted by Gasteiger charge is 2.08. The van der Waals surface area contributed by atoms with Gasteiger partial charge in [0, 0.05) is 18.5 Å². The van der Waals surface area contributed by atoms with E-state index in [-0.39, 0.29) is 6.10 Å². The fraction of sp³-hybridized carbons (Fsp3) is 0.429. The van der Waals surface area contributed by atoms with Gasteiger partial charge in [-0.2, -0.15) is 4.98 Å². The largest absolute Gasteiger partial charge is 0.391 e. The van der Waals surface area contributed by atoms with Crippen LogP contribution in [0.5, 0.6) is 0 Å². The summed E-state index contributed by atoms with van der Waals surface area (Å²) in [6.45, 7) is 5.22. The highest BCUT2D eigenvalue weighted by atomic mass is 16.3. The standard InChI is InChI=1S/C14H20N4O/c1-3-10(19)9-16-13-11-7-5-6-8-12(11)17-14(18-13)15-4-2/h5-8,10,19H,3-4,9H2,1-2H3,(H2,15,16,17,18). The van der Waals surface area contributed by atoms with Crippen molar-refractivity contribution in [3.05, 3.63) is 24.3 Å². The van der Waals surface area contributed by atoms with Crippen molar-refractivity contribution in [3.8, 4) is 0 Å². The quantitative estimate of drug-likeness (QED) is 0.743. The van der Waals surface area contributed by atoms with Crippen LogP contribution in [0.15, 0.2) is 24.3 Å². The van der Waals surface area contributed by atoms with Crippen molar-refractivity contribution in [2.75, 3.05) is 23.7 Å². The molecule has 102 valence electrons. The molecule has 0 fully saturated rings. The number of benzene rings is 1. The number of fused-ring (bicyclic) bond motifs is 1. The van der Waals surface area contributed by atoms with Crippen molar-refractivity contribution in [2.45, 2.75) is 26.4 Å². The van der Waals surface area contributed by atoms with Gasteiger partial charge in [-0.1, -0.05) is 19.1 Å². The first-order chi connectivity index (χ1) is 9.24. The number of para-hydroxylation sites is 1. The van der Waals surface area contributed by atoms with Gasteiger partial charge in [-0.25, -0.2) is 4.98 Å². The van der Waals surface area contributed by atoms with Crippen LogP contribution in [-0.4, -0.2) is 34.3 Å². The Kier molecular flexibility index (Phi) is 4.52. The number of nitrogens with one attached hydrogen (secondary N) is 2. The average Bonchev–Trinajstić information content (AvgIpc) is 2.44. The van der Waals surface area contributed by atoms with Crippen molar-refractivity contribution in [2.24, 2.45) is 0 Å². The molecule has 1 unspecified atom stereocenters. The summed E-state index contributed by atoms with van der Waals surface area (Å²) in [6, 6.07) is 7.85. The Morgan fingerprint density at radius 1 is 1.16 bits per heavy atom. The predicted octanol–water partition coefficient (Wildman–Crippen LogP) is 2.24. The number of nitrogens with zero attached hydrogens (tertiary/aromatic N) is 2. The normalized spacial score (nSPS) is 12.4. The van der Waals surface area contributed by atoms with Crippen LogP contribution in [0.2, 0.25) is 0 Å². The summed E-state index contributed by atoms with van der Waals surface area (Å²) in [5.41, 5.74) is 0.891. The lowest BCUT2D eigenvalue weighted by Gasteiger charge is -2.13. The number of aromatic nitrogens is 2. The Labute approximate surface area is 113 Å². The zero-order valence-electron chi connectivity index (χ0n) is 11.3. The molecule has 0 spiro atoms. The zero-order chi connectivity index (χ0) is 13.7. The first-order valence-electron chi connectivity index (χ1n) is 6.67. The summed E-state index contributed by atoms with van der Waals surface area (Å²) in [5, 5.41) is 16.9. The van der Waals surface area contributed by atoms with Crippen molar-refractivity contribution in [1.82, 2.24) is 9.97 Å². The van der Waals surface area contributed by atoms with E-state index in [4.69, 9.17) is 0 Å². The van der Waals surface area contributed by atoms with Gasteiger partial charge in [-0.3, -0.25) is 0 Å². The molecule has 3 N–H and O–H groups in total. The fourth-order valence-electron chi connectivity index (χ4n) is 1.81. The van der Waals surface area contributed by atoms with E-state index in [9.17, 15) is 5.11 Å². The van der Waals surface area contributed by atoms with Crippen LogP contribution in [0.1, 0.15) is 20.3 Å². The molecular formula is C14H20N4O. The highest BCUT2D eigenvalue weighted by Crippen LogP contribution is 2.21. The number of aliphatic hydroxyl groups excluding tert-OH is 1. The van der Waals surface area contributed by atoms with E-state index in [0.717, 1.165) is 29.7 Å². The SMILES string of the molecule is CCNc1nc(NCC(O)CC)c2ccccc2n1. The maximum Gasteiger partial charge on any atom is 0.225 e. The van der Waals surface area contributed by atoms with Crippen LogP contribution < -0.4 is 10.6 Å². The molecule has 1 atom stereocenters. The fourth-order valence-corrected chi connectivity index (χ4v) is 1.81. The second kappa shape index (κ2) is 6.33. The Hall–Kier alpha value is -1.88. The summed E-state index contributed by atoms with van der Waals surface area (Å²) < 4.78 is 0. The van der Waals surface area contributed by atoms with E-state index in [1.165, 1.54) is 0 Å². The van der Waals surface area contributed by atoms with Gasteiger partial charge >= 0.3 is 0 Å². The Bertz CT molecular complexity index is 544. The van der Waals surface area contributed by atoms with E-state index in [0.29, 0.717) is 12.5 Å². The zero-order valence-corrected chi connectivity index (χ0v) is 11.3. The number of hydrogen-bond donors (Lipinski definition) is 3. The van der Waals surface area contributed by atoms with Crippen LogP contribution in [0.3, 0.4) is 0 Å². The van der Waals surface area contributed by atoms with E-state index >= 15 is 0 Å². The minimum absolute atomic E-state index is 0.365. The van der Waals surface area contributed by atoms with E-state index < -0.39 is 0 Å². The van der Waals surface area contributed by atoms with Crippen molar-refractivity contribution >= 4 is 22.7 Å². The third-order valence-electron chi connectivity index (χ3n) is 2.91. The molecule has 0 aliphatic carbocycles. The van der Waals surface area contributed by atoms with Gasteiger partial charge in [0.2, 0.25) is 5.95 Å². The molecule has 0 radical (unpaired) electrons. The summed E-state index contributed by atoms with van der Waals surface area (Å²) in [5.74, 6) is 1.36. The number of hydrogen-bond acceptors (Lipinski definition) is 5. The molecule has 2 rings (SSSR count). The first kappa shape index (κ1) is 13.5. The smallest absolute Gasteiger partial charge is 0.225 e. The molecule has 5 heteroatoms. The topological polar surface area (TPSA) is 70.1 Å². The molecule has 0 bridgehead atoms. The monoisotopic (exact) mass is 260 g/mol. The van der Waals surface area contributed by atoms with Crippen molar-refractivity contribution in [1.29, 1.82) is 0 Å². The Morgan fingerprint density at radius 2 is 1.95 bits per heavy atom. The van der Waals surface area contributed by atoms with E-state index in [1.54, 1.807) is 0 Å². The summed E-state index contributed by atoms with van der Waals surface area (Å²) in [7, 11) is 0. The van der Waals surface area contributed by atoms with Crippen molar-refractivity contribution in [3.63, 3.8) is 0 Å². The maximum atomic E-state index is 9.64. The second-order valence-electron chi connectivity index (χ2n) is 4.39. The molecule has 0 amide bonds. The van der Waals surface area contributed by atoms with Crippen LogP contribution in [0, 0.1) is 0 Å². The average molecular weight is 260 g/mol. The molecule has 1 aromatic heterocycles. The molecule has 1 heterocycles.